The Kier molecular flexibility index (Phi) is 13.7. The number of halogens is 3. The van der Waals surface area contributed by atoms with E-state index in [4.69, 9.17) is 16.3 Å². The minimum absolute atomic E-state index is 0. The minimum atomic E-state index is 0. The van der Waals surface area contributed by atoms with Crippen LogP contribution in [-0.2, 0) is 13.2 Å². The number of ether oxygens (including phenoxy) is 1. The van der Waals surface area contributed by atoms with Crippen molar-refractivity contribution in [2.75, 3.05) is 19.6 Å². The highest BCUT2D eigenvalue weighted by molar-refractivity contribution is 6.30. The van der Waals surface area contributed by atoms with Gasteiger partial charge in [0.05, 0.1) is 0 Å². The van der Waals surface area contributed by atoms with Gasteiger partial charge in [0.15, 0.2) is 0 Å². The highest BCUT2D eigenvalue weighted by Gasteiger charge is 2.03. The van der Waals surface area contributed by atoms with E-state index in [-0.39, 0.29) is 24.8 Å². The van der Waals surface area contributed by atoms with Gasteiger partial charge in [0.1, 0.15) is 12.4 Å². The lowest BCUT2D eigenvalue weighted by Crippen LogP contribution is -2.21. The first-order valence-corrected chi connectivity index (χ1v) is 8.54. The van der Waals surface area contributed by atoms with Crippen LogP contribution in [0.4, 0.5) is 0 Å². The van der Waals surface area contributed by atoms with Gasteiger partial charge in [-0.25, -0.2) is 0 Å². The molecule has 6 heteroatoms. The minimum Gasteiger partial charge on any atom is -0.489 e. The Hall–Kier alpha value is -0.970. The number of para-hydroxylation sites is 1. The molecule has 2 aromatic carbocycles. The Bertz CT molecular complexity index is 579. The van der Waals surface area contributed by atoms with E-state index >= 15 is 0 Å². The quantitative estimate of drug-likeness (QED) is 0.554. The van der Waals surface area contributed by atoms with E-state index in [1.807, 2.05) is 42.5 Å². The monoisotopic (exact) mass is 404 g/mol. The number of hydrogen-bond acceptors (Lipinski definition) is 3. The average Bonchev–Trinajstić information content (AvgIpc) is 2.58. The third-order valence-electron chi connectivity index (χ3n) is 3.55. The Morgan fingerprint density at radius 3 is 2.32 bits per heavy atom. The first-order chi connectivity index (χ1) is 11.3. The molecule has 25 heavy (non-hydrogen) atoms. The molecule has 0 heterocycles. The van der Waals surface area contributed by atoms with Crippen LogP contribution >= 0.6 is 36.4 Å². The lowest BCUT2D eigenvalue weighted by Gasteiger charge is -2.12. The second-order valence-electron chi connectivity index (χ2n) is 5.41. The van der Waals surface area contributed by atoms with Gasteiger partial charge in [0.25, 0.3) is 0 Å². The Morgan fingerprint density at radius 1 is 0.920 bits per heavy atom. The molecule has 0 aromatic heterocycles. The zero-order valence-electron chi connectivity index (χ0n) is 14.5. The molecule has 0 saturated carbocycles. The summed E-state index contributed by atoms with van der Waals surface area (Å²) in [6, 6.07) is 15.9. The van der Waals surface area contributed by atoms with E-state index in [2.05, 4.69) is 23.6 Å². The summed E-state index contributed by atoms with van der Waals surface area (Å²) in [5.41, 5.74) is 2.30. The normalized spacial score (nSPS) is 9.84. The number of benzene rings is 2. The molecule has 2 rings (SSSR count). The number of rotatable bonds is 10. The Morgan fingerprint density at radius 2 is 1.60 bits per heavy atom. The second kappa shape index (κ2) is 14.2. The number of hydrogen-bond donors (Lipinski definition) is 2. The third-order valence-corrected chi connectivity index (χ3v) is 3.80. The smallest absolute Gasteiger partial charge is 0.124 e. The van der Waals surface area contributed by atoms with E-state index in [0.29, 0.717) is 6.61 Å². The predicted molar refractivity (Wildman–Crippen MR) is 112 cm³/mol. The van der Waals surface area contributed by atoms with Crippen molar-refractivity contribution >= 4 is 36.4 Å². The van der Waals surface area contributed by atoms with Gasteiger partial charge >= 0.3 is 0 Å². The van der Waals surface area contributed by atoms with Crippen LogP contribution < -0.4 is 15.4 Å². The molecular formula is C19H27Cl3N2O. The summed E-state index contributed by atoms with van der Waals surface area (Å²) in [4.78, 5) is 0. The van der Waals surface area contributed by atoms with Crippen molar-refractivity contribution in [3.63, 3.8) is 0 Å². The molecule has 140 valence electrons. The summed E-state index contributed by atoms with van der Waals surface area (Å²) in [6.07, 6.45) is 1.13. The lowest BCUT2D eigenvalue weighted by atomic mass is 10.2. The van der Waals surface area contributed by atoms with Gasteiger partial charge < -0.3 is 15.4 Å². The van der Waals surface area contributed by atoms with Gasteiger partial charge in [-0.3, -0.25) is 0 Å². The van der Waals surface area contributed by atoms with Crippen molar-refractivity contribution in [3.8, 4) is 5.75 Å². The standard InChI is InChI=1S/C19H25ClN2O.2ClH/c1-2-21-12-5-13-22-14-17-6-3-4-7-19(17)23-15-16-8-10-18(20)11-9-16;;/h3-4,6-11,21-22H,2,5,12-15H2,1H3;2*1H. The highest BCUT2D eigenvalue weighted by atomic mass is 35.5. The summed E-state index contributed by atoms with van der Waals surface area (Å²) < 4.78 is 5.96. The molecule has 0 aliphatic heterocycles. The van der Waals surface area contributed by atoms with Crippen molar-refractivity contribution in [3.05, 3.63) is 64.7 Å². The fraction of sp³-hybridized carbons (Fsp3) is 0.368. The molecule has 0 fully saturated rings. The molecule has 0 amide bonds. The van der Waals surface area contributed by atoms with Crippen LogP contribution in [0.25, 0.3) is 0 Å². The van der Waals surface area contributed by atoms with Crippen LogP contribution in [0.3, 0.4) is 0 Å². The maximum Gasteiger partial charge on any atom is 0.124 e. The fourth-order valence-electron chi connectivity index (χ4n) is 2.27. The fourth-order valence-corrected chi connectivity index (χ4v) is 2.40. The summed E-state index contributed by atoms with van der Waals surface area (Å²) in [7, 11) is 0. The first kappa shape index (κ1) is 24.0. The van der Waals surface area contributed by atoms with E-state index in [1.54, 1.807) is 0 Å². The second-order valence-corrected chi connectivity index (χ2v) is 5.84. The maximum atomic E-state index is 5.96. The average molecular weight is 406 g/mol. The van der Waals surface area contributed by atoms with E-state index in [1.165, 1.54) is 5.56 Å². The van der Waals surface area contributed by atoms with Gasteiger partial charge in [-0.2, -0.15) is 0 Å². The van der Waals surface area contributed by atoms with Crippen molar-refractivity contribution < 1.29 is 4.74 Å². The summed E-state index contributed by atoms with van der Waals surface area (Å²) in [5.74, 6) is 0.932. The molecule has 0 radical (unpaired) electrons. The maximum absolute atomic E-state index is 5.96. The molecule has 3 nitrogen and oxygen atoms in total. The van der Waals surface area contributed by atoms with E-state index < -0.39 is 0 Å². The van der Waals surface area contributed by atoms with Crippen LogP contribution in [0.2, 0.25) is 5.02 Å². The summed E-state index contributed by atoms with van der Waals surface area (Å²) in [6.45, 7) is 6.58. The topological polar surface area (TPSA) is 33.3 Å². The zero-order chi connectivity index (χ0) is 16.3. The van der Waals surface area contributed by atoms with Crippen molar-refractivity contribution in [2.45, 2.75) is 26.5 Å². The zero-order valence-corrected chi connectivity index (χ0v) is 16.9. The third kappa shape index (κ3) is 9.34. The van der Waals surface area contributed by atoms with Crippen LogP contribution in [0.1, 0.15) is 24.5 Å². The molecule has 0 saturated heterocycles. The first-order valence-electron chi connectivity index (χ1n) is 8.16. The summed E-state index contributed by atoms with van der Waals surface area (Å²) >= 11 is 5.90. The lowest BCUT2D eigenvalue weighted by molar-refractivity contribution is 0.302. The Labute approximate surface area is 168 Å². The van der Waals surface area contributed by atoms with Crippen LogP contribution in [0.15, 0.2) is 48.5 Å². The molecule has 0 atom stereocenters. The van der Waals surface area contributed by atoms with Crippen LogP contribution in [0.5, 0.6) is 5.75 Å². The molecule has 0 unspecified atom stereocenters. The van der Waals surface area contributed by atoms with Gasteiger partial charge in [-0.15, -0.1) is 24.8 Å². The van der Waals surface area contributed by atoms with Crippen molar-refractivity contribution in [2.24, 2.45) is 0 Å². The molecule has 2 N–H and O–H groups in total. The molecular weight excluding hydrogens is 379 g/mol. The van der Waals surface area contributed by atoms with Gasteiger partial charge in [-0.05, 0) is 49.8 Å². The molecule has 0 spiro atoms. The van der Waals surface area contributed by atoms with E-state index in [9.17, 15) is 0 Å². The molecule has 0 aliphatic carbocycles. The van der Waals surface area contributed by atoms with Crippen molar-refractivity contribution in [1.29, 1.82) is 0 Å². The SMILES string of the molecule is CCNCCCNCc1ccccc1OCc1ccc(Cl)cc1.Cl.Cl. The summed E-state index contributed by atoms with van der Waals surface area (Å²) in [5, 5.41) is 7.54. The van der Waals surface area contributed by atoms with Crippen LogP contribution in [-0.4, -0.2) is 19.6 Å². The molecule has 0 aliphatic rings. The largest absolute Gasteiger partial charge is 0.489 e. The van der Waals surface area contributed by atoms with E-state index in [0.717, 1.165) is 48.9 Å². The highest BCUT2D eigenvalue weighted by Crippen LogP contribution is 2.19. The van der Waals surface area contributed by atoms with Crippen LogP contribution in [0, 0.1) is 0 Å². The van der Waals surface area contributed by atoms with Crippen molar-refractivity contribution in [1.82, 2.24) is 10.6 Å². The number of nitrogens with one attached hydrogen (secondary N) is 2. The van der Waals surface area contributed by atoms with Gasteiger partial charge in [0, 0.05) is 17.1 Å². The van der Waals surface area contributed by atoms with Gasteiger partial charge in [-0.1, -0.05) is 48.9 Å². The van der Waals surface area contributed by atoms with Gasteiger partial charge in [0.2, 0.25) is 0 Å². The molecule has 2 aromatic rings. The Balaban J connectivity index is 0.00000288. The predicted octanol–water partition coefficient (Wildman–Crippen LogP) is 4.85. The molecule has 0 bridgehead atoms.